The molecule has 1 N–H and O–H groups in total. The van der Waals surface area contributed by atoms with E-state index in [9.17, 15) is 9.90 Å². The smallest absolute Gasteiger partial charge is 0.305 e. The summed E-state index contributed by atoms with van der Waals surface area (Å²) in [5.74, 6) is 1.21. The Balaban J connectivity index is 1.48. The van der Waals surface area contributed by atoms with E-state index in [0.29, 0.717) is 25.2 Å². The van der Waals surface area contributed by atoms with E-state index in [-0.39, 0.29) is 11.6 Å². The van der Waals surface area contributed by atoms with Crippen LogP contribution in [0.2, 0.25) is 0 Å². The normalized spacial score (nSPS) is 16.9. The van der Waals surface area contributed by atoms with Gasteiger partial charge < -0.3 is 14.6 Å². The van der Waals surface area contributed by atoms with Crippen LogP contribution in [0.25, 0.3) is 0 Å². The van der Waals surface area contributed by atoms with E-state index >= 15 is 0 Å². The van der Waals surface area contributed by atoms with Crippen molar-refractivity contribution in [3.8, 4) is 11.5 Å². The van der Waals surface area contributed by atoms with Gasteiger partial charge in [0.25, 0.3) is 0 Å². The highest BCUT2D eigenvalue weighted by molar-refractivity contribution is 5.69. The summed E-state index contributed by atoms with van der Waals surface area (Å²) in [5.41, 5.74) is 3.59. The molecule has 2 rings (SSSR count). The molecule has 0 bridgehead atoms. The van der Waals surface area contributed by atoms with Crippen molar-refractivity contribution in [1.29, 1.82) is 0 Å². The summed E-state index contributed by atoms with van der Waals surface area (Å²) < 4.78 is 12.0. The summed E-state index contributed by atoms with van der Waals surface area (Å²) in [6.45, 7) is 10.7. The lowest BCUT2D eigenvalue weighted by atomic mass is 9.86. The topological polar surface area (TPSA) is 55.8 Å². The van der Waals surface area contributed by atoms with Crippen LogP contribution in [-0.2, 0) is 16.0 Å². The largest absolute Gasteiger partial charge is 0.507 e. The van der Waals surface area contributed by atoms with E-state index in [1.165, 1.54) is 83.5 Å². The van der Waals surface area contributed by atoms with Gasteiger partial charge in [-0.2, -0.15) is 0 Å². The van der Waals surface area contributed by atoms with Crippen molar-refractivity contribution >= 4 is 5.97 Å². The first kappa shape index (κ1) is 31.5. The van der Waals surface area contributed by atoms with E-state index < -0.39 is 0 Å². The Morgan fingerprint density at radius 2 is 1.32 bits per heavy atom. The Morgan fingerprint density at radius 3 is 1.86 bits per heavy atom. The summed E-state index contributed by atoms with van der Waals surface area (Å²) in [5, 5.41) is 10.4. The molecule has 1 aliphatic rings. The van der Waals surface area contributed by atoms with Gasteiger partial charge in [-0.3, -0.25) is 4.79 Å². The number of benzene rings is 1. The van der Waals surface area contributed by atoms with Crippen molar-refractivity contribution in [2.45, 2.75) is 162 Å². The predicted octanol–water partition coefficient (Wildman–Crippen LogP) is 9.60. The van der Waals surface area contributed by atoms with Gasteiger partial charge in [0, 0.05) is 18.4 Å². The van der Waals surface area contributed by atoms with E-state index in [1.807, 2.05) is 20.8 Å². The molecule has 0 radical (unpaired) electrons. The Morgan fingerprint density at radius 1 is 0.811 bits per heavy atom. The maximum atomic E-state index is 12.2. The van der Waals surface area contributed by atoms with Crippen LogP contribution in [0.15, 0.2) is 0 Å². The Hall–Kier alpha value is -1.71. The molecule has 4 nitrogen and oxygen atoms in total. The number of carbonyl (C=O) groups is 1. The zero-order chi connectivity index (χ0) is 27.1. The molecule has 1 unspecified atom stereocenters. The van der Waals surface area contributed by atoms with Crippen LogP contribution in [0, 0.1) is 20.8 Å². The first-order valence-electron chi connectivity index (χ1n) is 15.5. The zero-order valence-corrected chi connectivity index (χ0v) is 24.8. The molecule has 1 heterocycles. The highest BCUT2D eigenvalue weighted by atomic mass is 16.5. The number of hydrogen-bond donors (Lipinski definition) is 1. The molecular weight excluding hydrogens is 460 g/mol. The molecule has 0 fully saturated rings. The van der Waals surface area contributed by atoms with Gasteiger partial charge in [0.15, 0.2) is 0 Å². The van der Waals surface area contributed by atoms with Crippen molar-refractivity contribution in [2.24, 2.45) is 0 Å². The summed E-state index contributed by atoms with van der Waals surface area (Å²) in [7, 11) is 0. The monoisotopic (exact) mass is 516 g/mol. The molecule has 37 heavy (non-hydrogen) atoms. The number of unbranched alkanes of at least 4 members (excludes halogenated alkanes) is 14. The quantitative estimate of drug-likeness (QED) is 0.147. The van der Waals surface area contributed by atoms with E-state index in [1.54, 1.807) is 0 Å². The fourth-order valence-corrected chi connectivity index (χ4v) is 5.56. The summed E-state index contributed by atoms with van der Waals surface area (Å²) in [6, 6.07) is 0. The van der Waals surface area contributed by atoms with E-state index in [2.05, 4.69) is 13.8 Å². The van der Waals surface area contributed by atoms with Crippen LogP contribution in [0.3, 0.4) is 0 Å². The van der Waals surface area contributed by atoms with Gasteiger partial charge in [-0.05, 0) is 63.6 Å². The van der Waals surface area contributed by atoms with Crippen molar-refractivity contribution in [3.63, 3.8) is 0 Å². The fraction of sp³-hybridized carbons (Fsp3) is 0.788. The molecule has 0 aromatic heterocycles. The number of carbonyl (C=O) groups excluding carboxylic acids is 1. The van der Waals surface area contributed by atoms with Crippen molar-refractivity contribution in [2.75, 3.05) is 6.61 Å². The van der Waals surface area contributed by atoms with Gasteiger partial charge in [-0.25, -0.2) is 0 Å². The number of phenols is 1. The second kappa shape index (κ2) is 17.0. The minimum Gasteiger partial charge on any atom is -0.507 e. The van der Waals surface area contributed by atoms with E-state index in [0.717, 1.165) is 53.7 Å². The van der Waals surface area contributed by atoms with Crippen LogP contribution in [0.5, 0.6) is 11.5 Å². The Kier molecular flexibility index (Phi) is 14.5. The molecular formula is C33H56O4. The summed E-state index contributed by atoms with van der Waals surface area (Å²) in [6.07, 6.45) is 22.8. The maximum absolute atomic E-state index is 12.2. The third kappa shape index (κ3) is 10.9. The lowest BCUT2D eigenvalue weighted by Gasteiger charge is -2.37. The first-order valence-corrected chi connectivity index (χ1v) is 15.5. The van der Waals surface area contributed by atoms with Crippen molar-refractivity contribution in [3.05, 3.63) is 22.3 Å². The molecule has 212 valence electrons. The lowest BCUT2D eigenvalue weighted by Crippen LogP contribution is -2.38. The standard InChI is InChI=1S/C33H56O4/c1-6-7-8-9-10-11-12-13-14-15-16-17-18-19-20-21-30(34)36-25-24-33(5)23-22-29-28(4)31(35)26(2)27(3)32(29)37-33/h35H,6-25H2,1-5H3. The van der Waals surface area contributed by atoms with Gasteiger partial charge in [-0.1, -0.05) is 96.8 Å². The number of fused-ring (bicyclic) bond motifs is 1. The number of hydrogen-bond acceptors (Lipinski definition) is 4. The molecule has 0 aliphatic carbocycles. The SMILES string of the molecule is CCCCCCCCCCCCCCCCCC(=O)OCCC1(C)CCc2c(C)c(O)c(C)c(C)c2O1. The van der Waals surface area contributed by atoms with Gasteiger partial charge in [0.2, 0.25) is 0 Å². The number of phenolic OH excluding ortho intramolecular Hbond substituents is 1. The number of aromatic hydroxyl groups is 1. The summed E-state index contributed by atoms with van der Waals surface area (Å²) >= 11 is 0. The zero-order valence-electron chi connectivity index (χ0n) is 24.8. The number of rotatable bonds is 19. The first-order chi connectivity index (χ1) is 17.8. The van der Waals surface area contributed by atoms with E-state index in [4.69, 9.17) is 9.47 Å². The van der Waals surface area contributed by atoms with Crippen LogP contribution in [-0.4, -0.2) is 23.3 Å². The highest BCUT2D eigenvalue weighted by Crippen LogP contribution is 2.44. The highest BCUT2D eigenvalue weighted by Gasteiger charge is 2.34. The third-order valence-electron chi connectivity index (χ3n) is 8.47. The molecule has 1 aliphatic heterocycles. The Bertz CT molecular complexity index is 815. The number of ether oxygens (including phenoxy) is 2. The second-order valence-corrected chi connectivity index (χ2v) is 11.8. The molecule has 0 saturated heterocycles. The third-order valence-corrected chi connectivity index (χ3v) is 8.47. The molecule has 1 aromatic carbocycles. The second-order valence-electron chi connectivity index (χ2n) is 11.8. The Labute approximate surface area is 227 Å². The minimum absolute atomic E-state index is 0.0812. The molecule has 0 saturated carbocycles. The minimum atomic E-state index is -0.345. The van der Waals surface area contributed by atoms with Crippen LogP contribution < -0.4 is 4.74 Å². The average Bonchev–Trinajstić information content (AvgIpc) is 2.88. The predicted molar refractivity (Wildman–Crippen MR) is 155 cm³/mol. The van der Waals surface area contributed by atoms with Crippen molar-refractivity contribution < 1.29 is 19.4 Å². The van der Waals surface area contributed by atoms with Crippen molar-refractivity contribution in [1.82, 2.24) is 0 Å². The van der Waals surface area contributed by atoms with Gasteiger partial charge in [0.1, 0.15) is 17.1 Å². The molecule has 1 atom stereocenters. The molecule has 0 spiro atoms. The average molecular weight is 517 g/mol. The number of esters is 1. The maximum Gasteiger partial charge on any atom is 0.305 e. The van der Waals surface area contributed by atoms with Gasteiger partial charge >= 0.3 is 5.97 Å². The van der Waals surface area contributed by atoms with Gasteiger partial charge in [0.05, 0.1) is 6.61 Å². The lowest BCUT2D eigenvalue weighted by molar-refractivity contribution is -0.145. The van der Waals surface area contributed by atoms with Gasteiger partial charge in [-0.15, -0.1) is 0 Å². The fourth-order valence-electron chi connectivity index (χ4n) is 5.56. The molecule has 0 amide bonds. The van der Waals surface area contributed by atoms with Crippen LogP contribution in [0.1, 0.15) is 152 Å². The van der Waals surface area contributed by atoms with Crippen LogP contribution in [0.4, 0.5) is 0 Å². The molecule has 4 heteroatoms. The summed E-state index contributed by atoms with van der Waals surface area (Å²) in [4.78, 5) is 12.2. The molecule has 1 aromatic rings. The van der Waals surface area contributed by atoms with Crippen LogP contribution >= 0.6 is 0 Å².